The Kier molecular flexibility index (Phi) is 4.73. The molecule has 0 amide bonds. The summed E-state index contributed by atoms with van der Waals surface area (Å²) < 4.78 is 30.2. The highest BCUT2D eigenvalue weighted by molar-refractivity contribution is 7.89. The van der Waals surface area contributed by atoms with E-state index in [0.29, 0.717) is 35.6 Å². The number of thiophene rings is 1. The number of hydrogen-bond donors (Lipinski definition) is 0. The van der Waals surface area contributed by atoms with E-state index in [4.69, 9.17) is 5.10 Å². The molecule has 25 heavy (non-hydrogen) atoms. The fourth-order valence-electron chi connectivity index (χ4n) is 3.87. The lowest BCUT2D eigenvalue weighted by Crippen LogP contribution is -2.37. The zero-order valence-electron chi connectivity index (χ0n) is 14.6. The topological polar surface area (TPSA) is 55.2 Å². The maximum Gasteiger partial charge on any atom is 0.246 e. The van der Waals surface area contributed by atoms with Crippen LogP contribution in [0.15, 0.2) is 28.6 Å². The van der Waals surface area contributed by atoms with Crippen LogP contribution in [0.4, 0.5) is 0 Å². The Labute approximate surface area is 153 Å². The second-order valence-corrected chi connectivity index (χ2v) is 10.2. The van der Waals surface area contributed by atoms with Crippen molar-refractivity contribution in [3.63, 3.8) is 0 Å². The van der Waals surface area contributed by atoms with Crippen LogP contribution in [0.25, 0.3) is 10.6 Å². The molecule has 5 nitrogen and oxygen atoms in total. The molecule has 1 saturated heterocycles. The van der Waals surface area contributed by atoms with Gasteiger partial charge in [0.15, 0.2) is 0 Å². The third-order valence-corrected chi connectivity index (χ3v) is 8.29. The monoisotopic (exact) mass is 379 g/mol. The van der Waals surface area contributed by atoms with E-state index in [0.717, 1.165) is 30.6 Å². The molecule has 2 aromatic heterocycles. The Morgan fingerprint density at radius 3 is 2.52 bits per heavy atom. The van der Waals surface area contributed by atoms with Crippen LogP contribution < -0.4 is 0 Å². The molecule has 0 atom stereocenters. The first-order valence-corrected chi connectivity index (χ1v) is 11.5. The van der Waals surface area contributed by atoms with Crippen molar-refractivity contribution in [1.82, 2.24) is 14.1 Å². The molecule has 1 saturated carbocycles. The van der Waals surface area contributed by atoms with E-state index >= 15 is 0 Å². The van der Waals surface area contributed by atoms with Crippen molar-refractivity contribution in [3.8, 4) is 10.6 Å². The average Bonchev–Trinajstić information content (AvgIpc) is 3.34. The van der Waals surface area contributed by atoms with Crippen LogP contribution >= 0.6 is 11.3 Å². The molecular weight excluding hydrogens is 354 g/mol. The van der Waals surface area contributed by atoms with Crippen molar-refractivity contribution in [2.24, 2.45) is 5.92 Å². The number of piperidine rings is 1. The highest BCUT2D eigenvalue weighted by Gasteiger charge is 2.33. The van der Waals surface area contributed by atoms with Gasteiger partial charge >= 0.3 is 0 Å². The summed E-state index contributed by atoms with van der Waals surface area (Å²) in [5, 5.41) is 6.71. The first-order chi connectivity index (χ1) is 12.1. The van der Waals surface area contributed by atoms with Gasteiger partial charge in [0.05, 0.1) is 10.9 Å². The summed E-state index contributed by atoms with van der Waals surface area (Å²) in [6.07, 6.45) is 8.24. The summed E-state index contributed by atoms with van der Waals surface area (Å²) in [5.74, 6) is 0.601. The van der Waals surface area contributed by atoms with Crippen molar-refractivity contribution in [2.45, 2.75) is 56.4 Å². The van der Waals surface area contributed by atoms with Crippen molar-refractivity contribution >= 4 is 21.4 Å². The molecule has 1 aliphatic carbocycles. The van der Waals surface area contributed by atoms with Gasteiger partial charge in [-0.05, 0) is 43.0 Å². The molecule has 2 fully saturated rings. The van der Waals surface area contributed by atoms with Crippen LogP contribution in [-0.4, -0.2) is 35.6 Å². The summed E-state index contributed by atoms with van der Waals surface area (Å²) in [7, 11) is -3.49. The lowest BCUT2D eigenvalue weighted by atomic mass is 10.0. The average molecular weight is 380 g/mol. The zero-order valence-corrected chi connectivity index (χ0v) is 16.2. The Morgan fingerprint density at radius 2 is 1.88 bits per heavy atom. The summed E-state index contributed by atoms with van der Waals surface area (Å²) in [6, 6.07) is 4.25. The standard InChI is InChI=1S/C18H25N3O2S2/c1-14-8-10-20(11-9-14)25(22,23)17-13-21(15-5-2-3-6-15)19-18(17)16-7-4-12-24-16/h4,7,12-15H,2-3,5-6,8-11H2,1H3. The van der Waals surface area contributed by atoms with Gasteiger partial charge < -0.3 is 0 Å². The summed E-state index contributed by atoms with van der Waals surface area (Å²) >= 11 is 1.55. The highest BCUT2D eigenvalue weighted by Crippen LogP contribution is 2.36. The molecule has 0 unspecified atom stereocenters. The first-order valence-electron chi connectivity index (χ1n) is 9.19. The summed E-state index contributed by atoms with van der Waals surface area (Å²) in [6.45, 7) is 3.42. The molecular formula is C18H25N3O2S2. The van der Waals surface area contributed by atoms with E-state index in [1.54, 1.807) is 21.8 Å². The number of sulfonamides is 1. The highest BCUT2D eigenvalue weighted by atomic mass is 32.2. The van der Waals surface area contributed by atoms with Gasteiger partial charge in [-0.25, -0.2) is 8.42 Å². The minimum absolute atomic E-state index is 0.337. The molecule has 136 valence electrons. The lowest BCUT2D eigenvalue weighted by Gasteiger charge is -2.29. The van der Waals surface area contributed by atoms with Crippen molar-refractivity contribution in [3.05, 3.63) is 23.7 Å². The smallest absolute Gasteiger partial charge is 0.246 e. The van der Waals surface area contributed by atoms with E-state index in [-0.39, 0.29) is 0 Å². The summed E-state index contributed by atoms with van der Waals surface area (Å²) in [4.78, 5) is 1.32. The summed E-state index contributed by atoms with van der Waals surface area (Å²) in [5.41, 5.74) is 0.625. The number of hydrogen-bond acceptors (Lipinski definition) is 4. The third-order valence-electron chi connectivity index (χ3n) is 5.51. The van der Waals surface area contributed by atoms with E-state index in [9.17, 15) is 8.42 Å². The molecule has 1 aliphatic heterocycles. The maximum atomic E-state index is 13.3. The van der Waals surface area contributed by atoms with Gasteiger partial charge in [0, 0.05) is 19.3 Å². The first kappa shape index (κ1) is 17.2. The molecule has 4 rings (SSSR count). The quantitative estimate of drug-likeness (QED) is 0.802. The van der Waals surface area contributed by atoms with Gasteiger partial charge in [-0.3, -0.25) is 4.68 Å². The lowest BCUT2D eigenvalue weighted by molar-refractivity contribution is 0.288. The largest absolute Gasteiger partial charge is 0.268 e. The Bertz CT molecular complexity index is 813. The SMILES string of the molecule is CC1CCN(S(=O)(=O)c2cn(C3CCCC3)nc2-c2cccs2)CC1. The van der Waals surface area contributed by atoms with Crippen molar-refractivity contribution in [1.29, 1.82) is 0 Å². The molecule has 0 bridgehead atoms. The molecule has 0 N–H and O–H groups in total. The number of rotatable bonds is 4. The minimum atomic E-state index is -3.49. The number of aromatic nitrogens is 2. The second-order valence-electron chi connectivity index (χ2n) is 7.32. The van der Waals surface area contributed by atoms with Gasteiger partial charge in [0.2, 0.25) is 10.0 Å². The molecule has 2 aliphatic rings. The second kappa shape index (κ2) is 6.85. The van der Waals surface area contributed by atoms with Crippen LogP contribution in [0.1, 0.15) is 51.5 Å². The van der Waals surface area contributed by atoms with Gasteiger partial charge in [-0.2, -0.15) is 9.40 Å². The molecule has 0 radical (unpaired) electrons. The Morgan fingerprint density at radius 1 is 1.16 bits per heavy atom. The normalized spacial score (nSPS) is 21.2. The van der Waals surface area contributed by atoms with E-state index in [2.05, 4.69) is 6.92 Å². The predicted octanol–water partition coefficient (Wildman–Crippen LogP) is 4.15. The van der Waals surface area contributed by atoms with E-state index < -0.39 is 10.0 Å². The van der Waals surface area contributed by atoms with Crippen LogP contribution in [0.3, 0.4) is 0 Å². The van der Waals surface area contributed by atoms with Gasteiger partial charge in [0.1, 0.15) is 10.6 Å². The van der Waals surface area contributed by atoms with Crippen molar-refractivity contribution < 1.29 is 8.42 Å². The predicted molar refractivity (Wildman–Crippen MR) is 100 cm³/mol. The van der Waals surface area contributed by atoms with Gasteiger partial charge in [-0.1, -0.05) is 25.8 Å². The Hall–Kier alpha value is -1.18. The van der Waals surface area contributed by atoms with Gasteiger partial charge in [0.25, 0.3) is 0 Å². The molecule has 0 spiro atoms. The fourth-order valence-corrected chi connectivity index (χ4v) is 6.26. The zero-order chi connectivity index (χ0) is 17.4. The minimum Gasteiger partial charge on any atom is -0.268 e. The number of nitrogens with zero attached hydrogens (tertiary/aromatic N) is 3. The third kappa shape index (κ3) is 3.29. The van der Waals surface area contributed by atoms with E-state index in [1.807, 2.05) is 22.2 Å². The molecule has 7 heteroatoms. The maximum absolute atomic E-state index is 13.3. The van der Waals surface area contributed by atoms with Crippen molar-refractivity contribution in [2.75, 3.05) is 13.1 Å². The molecule has 0 aromatic carbocycles. The molecule has 2 aromatic rings. The van der Waals surface area contributed by atoms with E-state index in [1.165, 1.54) is 12.8 Å². The van der Waals surface area contributed by atoms with Crippen LogP contribution in [0.2, 0.25) is 0 Å². The Balaban J connectivity index is 1.74. The fraction of sp³-hybridized carbons (Fsp3) is 0.611. The van der Waals surface area contributed by atoms with Crippen LogP contribution in [0.5, 0.6) is 0 Å². The molecule has 3 heterocycles. The van der Waals surface area contributed by atoms with Gasteiger partial charge in [-0.15, -0.1) is 11.3 Å². The van der Waals surface area contributed by atoms with Crippen LogP contribution in [-0.2, 0) is 10.0 Å². The van der Waals surface area contributed by atoms with Crippen LogP contribution in [0, 0.1) is 5.92 Å².